The van der Waals surface area contributed by atoms with Crippen LogP contribution in [0.1, 0.15) is 22.5 Å². The van der Waals surface area contributed by atoms with Gasteiger partial charge in [-0.1, -0.05) is 24.3 Å². The van der Waals surface area contributed by atoms with E-state index in [-0.39, 0.29) is 11.3 Å². The molecule has 29 heavy (non-hydrogen) atoms. The third-order valence-corrected chi connectivity index (χ3v) is 4.31. The van der Waals surface area contributed by atoms with Gasteiger partial charge in [-0.2, -0.15) is 28.6 Å². The van der Waals surface area contributed by atoms with Gasteiger partial charge < -0.3 is 4.90 Å². The lowest BCUT2D eigenvalue weighted by atomic mass is 10.1. The van der Waals surface area contributed by atoms with Crippen LogP contribution in [-0.4, -0.2) is 39.1 Å². The summed E-state index contributed by atoms with van der Waals surface area (Å²) in [6.07, 6.45) is -1.46. The summed E-state index contributed by atoms with van der Waals surface area (Å²) in [4.78, 5) is 10.1. The lowest BCUT2D eigenvalue weighted by Crippen LogP contribution is -2.12. The van der Waals surface area contributed by atoms with E-state index >= 15 is 0 Å². The van der Waals surface area contributed by atoms with Gasteiger partial charge in [0.15, 0.2) is 5.69 Å². The van der Waals surface area contributed by atoms with E-state index in [4.69, 9.17) is 0 Å². The van der Waals surface area contributed by atoms with E-state index in [1.807, 2.05) is 48.4 Å². The summed E-state index contributed by atoms with van der Waals surface area (Å²) in [5.74, 6) is 0. The second kappa shape index (κ2) is 8.26. The molecule has 0 unspecified atom stereocenters. The summed E-state index contributed by atoms with van der Waals surface area (Å²) < 4.78 is 39.4. The molecule has 150 valence electrons. The highest BCUT2D eigenvalue weighted by Crippen LogP contribution is 2.34. The van der Waals surface area contributed by atoms with Gasteiger partial charge in [-0.05, 0) is 36.9 Å². The first-order chi connectivity index (χ1) is 13.8. The number of aromatic amines is 1. The van der Waals surface area contributed by atoms with Crippen LogP contribution < -0.4 is 0 Å². The van der Waals surface area contributed by atoms with E-state index in [1.54, 1.807) is 6.20 Å². The topological polar surface area (TPSA) is 70.1 Å². The van der Waals surface area contributed by atoms with E-state index in [0.717, 1.165) is 11.1 Å². The molecular formula is C20H19F3N6. The van der Waals surface area contributed by atoms with Crippen LogP contribution in [0.3, 0.4) is 0 Å². The number of hydrogen-bond donors (Lipinski definition) is 1. The minimum Gasteiger partial charge on any atom is -0.374 e. The first kappa shape index (κ1) is 20.2. The molecule has 2 aromatic heterocycles. The molecule has 0 saturated heterocycles. The average molecular weight is 400 g/mol. The van der Waals surface area contributed by atoms with Crippen LogP contribution in [0.4, 0.5) is 13.2 Å². The molecule has 6 nitrogen and oxygen atoms in total. The van der Waals surface area contributed by atoms with Gasteiger partial charge in [0.1, 0.15) is 11.4 Å². The number of H-pyrrole nitrogens is 1. The first-order valence-electron chi connectivity index (χ1n) is 8.67. The van der Waals surface area contributed by atoms with Gasteiger partial charge in [0, 0.05) is 31.6 Å². The SMILES string of the molecule is C=N/C(=C\N(C)Cc1ccccc1C)c1cc(-c2n[nH]nc2C(F)(F)F)ccn1. The molecule has 3 aromatic rings. The standard InChI is InChI=1S/C20H19F3N6/c1-13-6-4-5-7-15(13)11-29(3)12-17(24-2)16-10-14(8-9-25-16)18-19(20(21,22)23)27-28-26-18/h4-10,12H,2,11H2,1,3H3,(H,26,27,28)/b17-12-. The zero-order valence-electron chi connectivity index (χ0n) is 15.9. The van der Waals surface area contributed by atoms with Crippen LogP contribution >= 0.6 is 0 Å². The zero-order chi connectivity index (χ0) is 21.0. The quantitative estimate of drug-likeness (QED) is 0.626. The highest BCUT2D eigenvalue weighted by Gasteiger charge is 2.38. The number of aromatic nitrogens is 4. The van der Waals surface area contributed by atoms with E-state index in [9.17, 15) is 13.2 Å². The Morgan fingerprint density at radius 3 is 2.69 bits per heavy atom. The number of aryl methyl sites for hydroxylation is 1. The maximum Gasteiger partial charge on any atom is 0.437 e. The summed E-state index contributed by atoms with van der Waals surface area (Å²) in [5, 5.41) is 8.90. The number of halogens is 3. The Morgan fingerprint density at radius 1 is 1.24 bits per heavy atom. The molecule has 0 fully saturated rings. The van der Waals surface area contributed by atoms with Crippen molar-refractivity contribution in [3.63, 3.8) is 0 Å². The Balaban J connectivity index is 1.90. The van der Waals surface area contributed by atoms with E-state index < -0.39 is 11.9 Å². The first-order valence-corrected chi connectivity index (χ1v) is 8.67. The number of nitrogens with zero attached hydrogens (tertiary/aromatic N) is 5. The fraction of sp³-hybridized carbons (Fsp3) is 0.200. The van der Waals surface area contributed by atoms with Gasteiger partial charge >= 0.3 is 6.18 Å². The number of pyridine rings is 1. The van der Waals surface area contributed by atoms with Gasteiger partial charge in [0.2, 0.25) is 0 Å². The minimum atomic E-state index is -4.62. The van der Waals surface area contributed by atoms with Crippen molar-refractivity contribution in [3.8, 4) is 11.3 Å². The molecular weight excluding hydrogens is 381 g/mol. The summed E-state index contributed by atoms with van der Waals surface area (Å²) in [6.45, 7) is 6.23. The number of nitrogens with one attached hydrogen (secondary N) is 1. The lowest BCUT2D eigenvalue weighted by molar-refractivity contribution is -0.140. The Hall–Kier alpha value is -3.49. The minimum absolute atomic E-state index is 0.229. The van der Waals surface area contributed by atoms with Crippen molar-refractivity contribution in [1.82, 2.24) is 25.3 Å². The van der Waals surface area contributed by atoms with Crippen LogP contribution in [0.5, 0.6) is 0 Å². The lowest BCUT2D eigenvalue weighted by Gasteiger charge is -2.17. The predicted octanol–water partition coefficient (Wildman–Crippen LogP) is 4.32. The molecule has 0 aliphatic rings. The van der Waals surface area contributed by atoms with Crippen LogP contribution in [0, 0.1) is 6.92 Å². The predicted molar refractivity (Wildman–Crippen MR) is 105 cm³/mol. The van der Waals surface area contributed by atoms with Crippen LogP contribution in [0.15, 0.2) is 53.8 Å². The third-order valence-electron chi connectivity index (χ3n) is 4.31. The molecule has 0 bridgehead atoms. The smallest absolute Gasteiger partial charge is 0.374 e. The van der Waals surface area contributed by atoms with E-state index in [2.05, 4.69) is 26.9 Å². The highest BCUT2D eigenvalue weighted by molar-refractivity contribution is 5.70. The molecule has 9 heteroatoms. The average Bonchev–Trinajstić information content (AvgIpc) is 3.18. The molecule has 1 aromatic carbocycles. The van der Waals surface area contributed by atoms with Crippen molar-refractivity contribution >= 4 is 12.4 Å². The molecule has 0 saturated carbocycles. The Bertz CT molecular complexity index is 1040. The maximum absolute atomic E-state index is 13.1. The second-order valence-electron chi connectivity index (χ2n) is 6.46. The van der Waals surface area contributed by atoms with Crippen molar-refractivity contribution in [2.45, 2.75) is 19.6 Å². The van der Waals surface area contributed by atoms with Gasteiger partial charge in [-0.25, -0.2) is 0 Å². The molecule has 0 spiro atoms. The number of rotatable bonds is 6. The number of aliphatic imine (C=N–C) groups is 1. The summed E-state index contributed by atoms with van der Waals surface area (Å²) >= 11 is 0. The van der Waals surface area contributed by atoms with Crippen molar-refractivity contribution < 1.29 is 13.2 Å². The number of alkyl halides is 3. The second-order valence-corrected chi connectivity index (χ2v) is 6.46. The van der Waals surface area contributed by atoms with Crippen molar-refractivity contribution in [1.29, 1.82) is 0 Å². The fourth-order valence-electron chi connectivity index (χ4n) is 2.85. The van der Waals surface area contributed by atoms with Gasteiger partial charge in [-0.3, -0.25) is 9.98 Å². The molecule has 0 amide bonds. The zero-order valence-corrected chi connectivity index (χ0v) is 15.9. The van der Waals surface area contributed by atoms with Crippen molar-refractivity contribution in [2.24, 2.45) is 4.99 Å². The third kappa shape index (κ3) is 4.68. The van der Waals surface area contributed by atoms with E-state index in [0.29, 0.717) is 17.9 Å². The monoisotopic (exact) mass is 400 g/mol. The van der Waals surface area contributed by atoms with Gasteiger partial charge in [-0.15, -0.1) is 0 Å². The van der Waals surface area contributed by atoms with Crippen molar-refractivity contribution in [2.75, 3.05) is 7.05 Å². The molecule has 0 radical (unpaired) electrons. The summed E-state index contributed by atoms with van der Waals surface area (Å²) in [6, 6.07) is 10.9. The molecule has 0 aliphatic carbocycles. The van der Waals surface area contributed by atoms with Gasteiger partial charge in [0.25, 0.3) is 0 Å². The Morgan fingerprint density at radius 2 is 2.00 bits per heavy atom. The molecule has 2 heterocycles. The molecule has 1 N–H and O–H groups in total. The van der Waals surface area contributed by atoms with Crippen LogP contribution in [0.25, 0.3) is 17.0 Å². The summed E-state index contributed by atoms with van der Waals surface area (Å²) in [7, 11) is 1.88. The molecule has 0 atom stereocenters. The fourth-order valence-corrected chi connectivity index (χ4v) is 2.85. The normalized spacial score (nSPS) is 12.1. The Labute approximate surface area is 165 Å². The summed E-state index contributed by atoms with van der Waals surface area (Å²) in [5.41, 5.74) is 1.97. The highest BCUT2D eigenvalue weighted by atomic mass is 19.4. The van der Waals surface area contributed by atoms with E-state index in [1.165, 1.54) is 18.3 Å². The Kier molecular flexibility index (Phi) is 5.76. The number of benzene rings is 1. The van der Waals surface area contributed by atoms with Crippen LogP contribution in [-0.2, 0) is 12.7 Å². The molecule has 0 aliphatic heterocycles. The molecule has 3 rings (SSSR count). The van der Waals surface area contributed by atoms with Crippen LogP contribution in [0.2, 0.25) is 0 Å². The van der Waals surface area contributed by atoms with Gasteiger partial charge in [0.05, 0.1) is 5.69 Å². The maximum atomic E-state index is 13.1. The largest absolute Gasteiger partial charge is 0.437 e. The number of hydrogen-bond acceptors (Lipinski definition) is 5. The van der Waals surface area contributed by atoms with Crippen molar-refractivity contribution in [3.05, 3.63) is 71.3 Å².